The topological polar surface area (TPSA) is 51.4 Å². The van der Waals surface area contributed by atoms with Crippen LogP contribution >= 0.6 is 24.4 Å². The lowest BCUT2D eigenvalue weighted by atomic mass is 10.1. The van der Waals surface area contributed by atoms with Gasteiger partial charge in [0.2, 0.25) is 0 Å². The SMILES string of the molecule is FC(F)(F)c1cc(NC(=S)N[C@H]2CN(Cc3ccccc3)C[C@@H]2NC(=S)Nc2cc(C(F)(F)F)cc(C(F)(F)F)c2)cc(C(F)(F)F)c1. The molecule has 4 rings (SSSR count). The first-order valence-corrected chi connectivity index (χ1v) is 14.4. The normalized spacial score (nSPS) is 17.6. The van der Waals surface area contributed by atoms with Crippen molar-refractivity contribution in [2.45, 2.75) is 43.3 Å². The molecule has 19 heteroatoms. The van der Waals surface area contributed by atoms with Crippen molar-refractivity contribution in [2.75, 3.05) is 23.7 Å². The maximum absolute atomic E-state index is 13.3. The molecule has 5 nitrogen and oxygen atoms in total. The highest BCUT2D eigenvalue weighted by Gasteiger charge is 2.39. The molecule has 3 aromatic rings. The highest BCUT2D eigenvalue weighted by molar-refractivity contribution is 7.80. The van der Waals surface area contributed by atoms with E-state index < -0.39 is 70.4 Å². The molecule has 0 bridgehead atoms. The Bertz CT molecular complexity index is 1460. The molecule has 1 heterocycles. The summed E-state index contributed by atoms with van der Waals surface area (Å²) in [6, 6.07) is 9.15. The molecule has 0 spiro atoms. The second-order valence-electron chi connectivity index (χ2n) is 10.7. The van der Waals surface area contributed by atoms with Crippen molar-refractivity contribution in [2.24, 2.45) is 0 Å². The predicted molar refractivity (Wildman–Crippen MR) is 161 cm³/mol. The van der Waals surface area contributed by atoms with Crippen LogP contribution in [0.2, 0.25) is 0 Å². The zero-order valence-corrected chi connectivity index (χ0v) is 25.6. The Morgan fingerprint density at radius 3 is 1.21 bits per heavy atom. The van der Waals surface area contributed by atoms with Crippen LogP contribution in [0.4, 0.5) is 64.1 Å². The van der Waals surface area contributed by atoms with E-state index in [1.807, 2.05) is 17.0 Å². The number of rotatable bonds is 6. The molecule has 2 atom stereocenters. The quantitative estimate of drug-likeness (QED) is 0.150. The Kier molecular flexibility index (Phi) is 10.7. The lowest BCUT2D eigenvalue weighted by molar-refractivity contribution is -0.144. The van der Waals surface area contributed by atoms with Gasteiger partial charge >= 0.3 is 24.7 Å². The Hall–Kier alpha value is -3.84. The van der Waals surface area contributed by atoms with Crippen LogP contribution < -0.4 is 21.3 Å². The van der Waals surface area contributed by atoms with E-state index in [1.54, 1.807) is 18.2 Å². The molecule has 0 aliphatic carbocycles. The van der Waals surface area contributed by atoms with Crippen LogP contribution in [0.3, 0.4) is 0 Å². The van der Waals surface area contributed by atoms with Crippen LogP contribution in [0.25, 0.3) is 0 Å². The number of benzene rings is 3. The van der Waals surface area contributed by atoms with Crippen LogP contribution in [0.1, 0.15) is 27.8 Å². The zero-order chi connectivity index (χ0) is 35.7. The van der Waals surface area contributed by atoms with Gasteiger partial charge in [0.25, 0.3) is 0 Å². The van der Waals surface area contributed by atoms with Gasteiger partial charge in [0.15, 0.2) is 10.2 Å². The van der Waals surface area contributed by atoms with Crippen molar-refractivity contribution in [1.82, 2.24) is 15.5 Å². The lowest BCUT2D eigenvalue weighted by Gasteiger charge is -2.25. The molecule has 0 aromatic heterocycles. The third kappa shape index (κ3) is 10.1. The number of hydrogen-bond donors (Lipinski definition) is 4. The van der Waals surface area contributed by atoms with E-state index in [4.69, 9.17) is 24.4 Å². The van der Waals surface area contributed by atoms with E-state index in [9.17, 15) is 52.7 Å². The molecule has 1 fully saturated rings. The molecule has 0 radical (unpaired) electrons. The lowest BCUT2D eigenvalue weighted by Crippen LogP contribution is -2.52. The summed E-state index contributed by atoms with van der Waals surface area (Å²) in [6.07, 6.45) is -20.4. The average molecular weight is 734 g/mol. The summed E-state index contributed by atoms with van der Waals surface area (Å²) in [5.41, 5.74) is -6.64. The van der Waals surface area contributed by atoms with Crippen molar-refractivity contribution >= 4 is 46.0 Å². The predicted octanol–water partition coefficient (Wildman–Crippen LogP) is 8.29. The van der Waals surface area contributed by atoms with Gasteiger partial charge < -0.3 is 21.3 Å². The minimum Gasteiger partial charge on any atom is -0.356 e. The maximum atomic E-state index is 13.3. The molecule has 48 heavy (non-hydrogen) atoms. The monoisotopic (exact) mass is 733 g/mol. The summed E-state index contributed by atoms with van der Waals surface area (Å²) in [6.45, 7) is 0.715. The molecule has 0 unspecified atom stereocenters. The minimum absolute atomic E-state index is 0.0456. The first-order chi connectivity index (χ1) is 22.1. The fraction of sp³-hybridized carbons (Fsp3) is 0.310. The fourth-order valence-corrected chi connectivity index (χ4v) is 5.41. The number of alkyl halides is 12. The van der Waals surface area contributed by atoms with Crippen molar-refractivity contribution in [1.29, 1.82) is 0 Å². The number of anilines is 2. The van der Waals surface area contributed by atoms with E-state index in [-0.39, 0.29) is 35.4 Å². The summed E-state index contributed by atoms with van der Waals surface area (Å²) in [5.74, 6) is 0. The molecule has 260 valence electrons. The van der Waals surface area contributed by atoms with Gasteiger partial charge in [-0.3, -0.25) is 4.90 Å². The average Bonchev–Trinajstić information content (AvgIpc) is 3.30. The van der Waals surface area contributed by atoms with Crippen LogP contribution in [-0.4, -0.2) is 40.3 Å². The van der Waals surface area contributed by atoms with E-state index in [0.717, 1.165) is 5.56 Å². The number of nitrogens with one attached hydrogen (secondary N) is 4. The van der Waals surface area contributed by atoms with Gasteiger partial charge in [0.05, 0.1) is 34.3 Å². The molecule has 1 aliphatic rings. The smallest absolute Gasteiger partial charge is 0.356 e. The van der Waals surface area contributed by atoms with Gasteiger partial charge in [0.1, 0.15) is 0 Å². The summed E-state index contributed by atoms with van der Waals surface area (Å²) in [7, 11) is 0. The molecule has 3 aromatic carbocycles. The Morgan fingerprint density at radius 1 is 0.562 bits per heavy atom. The molecular weight excluding hydrogens is 710 g/mol. The highest BCUT2D eigenvalue weighted by Crippen LogP contribution is 2.39. The van der Waals surface area contributed by atoms with Gasteiger partial charge in [0, 0.05) is 31.0 Å². The molecule has 1 saturated heterocycles. The highest BCUT2D eigenvalue weighted by atomic mass is 32.1. The standard InChI is InChI=1S/C29H23F12N5S2/c30-26(31,32)16-6-17(27(33,34)35)9-20(8-16)42-24(47)44-22-13-46(12-15-4-2-1-3-5-15)14-23(22)45-25(48)43-21-10-18(28(36,37)38)7-19(11-21)29(39,40)41/h1-11,22-23H,12-14H2,(H2,42,44,47)(H2,43,45,48)/t22-,23-/m0/s1. The number of thiocarbonyl (C=S) groups is 2. The Balaban J connectivity index is 1.54. The second kappa shape index (κ2) is 13.9. The number of nitrogens with zero attached hydrogens (tertiary/aromatic N) is 1. The van der Waals surface area contributed by atoms with Crippen molar-refractivity contribution in [3.05, 3.63) is 94.5 Å². The molecule has 1 aliphatic heterocycles. The molecule has 4 N–H and O–H groups in total. The van der Waals surface area contributed by atoms with Crippen molar-refractivity contribution < 1.29 is 52.7 Å². The van der Waals surface area contributed by atoms with Gasteiger partial charge in [-0.2, -0.15) is 52.7 Å². The number of halogens is 12. The number of likely N-dealkylation sites (tertiary alicyclic amines) is 1. The third-order valence-corrected chi connectivity index (χ3v) is 7.41. The minimum atomic E-state index is -5.10. The van der Waals surface area contributed by atoms with Crippen LogP contribution in [0.15, 0.2) is 66.7 Å². The Labute approximate surface area is 275 Å². The summed E-state index contributed by atoms with van der Waals surface area (Å²) < 4.78 is 160. The maximum Gasteiger partial charge on any atom is 0.416 e. The van der Waals surface area contributed by atoms with Gasteiger partial charge in [-0.25, -0.2) is 0 Å². The van der Waals surface area contributed by atoms with Gasteiger partial charge in [-0.05, 0) is 66.4 Å². The van der Waals surface area contributed by atoms with Gasteiger partial charge in [-0.1, -0.05) is 30.3 Å². The van der Waals surface area contributed by atoms with Crippen LogP contribution in [0.5, 0.6) is 0 Å². The van der Waals surface area contributed by atoms with Crippen LogP contribution in [-0.2, 0) is 31.2 Å². The molecular formula is C29H23F12N5S2. The number of hydrogen-bond acceptors (Lipinski definition) is 3. The first-order valence-electron chi connectivity index (χ1n) is 13.6. The van der Waals surface area contributed by atoms with E-state index in [1.165, 1.54) is 0 Å². The Morgan fingerprint density at radius 2 is 0.896 bits per heavy atom. The van der Waals surface area contributed by atoms with E-state index in [0.29, 0.717) is 30.8 Å². The molecule has 0 amide bonds. The fourth-order valence-electron chi connectivity index (χ4n) is 4.87. The summed E-state index contributed by atoms with van der Waals surface area (Å²) in [5, 5.41) is 9.53. The van der Waals surface area contributed by atoms with E-state index in [2.05, 4.69) is 21.3 Å². The zero-order valence-electron chi connectivity index (χ0n) is 23.9. The second-order valence-corrected chi connectivity index (χ2v) is 11.5. The summed E-state index contributed by atoms with van der Waals surface area (Å²) >= 11 is 10.4. The van der Waals surface area contributed by atoms with Gasteiger partial charge in [-0.15, -0.1) is 0 Å². The van der Waals surface area contributed by atoms with E-state index >= 15 is 0 Å². The van der Waals surface area contributed by atoms with Crippen LogP contribution in [0, 0.1) is 0 Å². The molecule has 0 saturated carbocycles. The van der Waals surface area contributed by atoms with Crippen molar-refractivity contribution in [3.63, 3.8) is 0 Å². The van der Waals surface area contributed by atoms with Crippen molar-refractivity contribution in [3.8, 4) is 0 Å². The first kappa shape index (κ1) is 37.0. The largest absolute Gasteiger partial charge is 0.416 e. The third-order valence-electron chi connectivity index (χ3n) is 6.97. The summed E-state index contributed by atoms with van der Waals surface area (Å²) in [4.78, 5) is 1.87.